The third-order valence-electron chi connectivity index (χ3n) is 3.56. The second-order valence-corrected chi connectivity index (χ2v) is 5.97. The van der Waals surface area contributed by atoms with Gasteiger partial charge in [-0.15, -0.1) is 0 Å². The van der Waals surface area contributed by atoms with Gasteiger partial charge in [-0.1, -0.05) is 20.8 Å². The van der Waals surface area contributed by atoms with Crippen molar-refractivity contribution < 1.29 is 0 Å². The van der Waals surface area contributed by atoms with Crippen molar-refractivity contribution >= 4 is 0 Å². The molecule has 1 heterocycles. The molecule has 1 fully saturated rings. The van der Waals surface area contributed by atoms with Crippen LogP contribution >= 0.6 is 0 Å². The molecule has 0 amide bonds. The Balaban J connectivity index is 2.34. The van der Waals surface area contributed by atoms with Crippen LogP contribution in [-0.2, 0) is 0 Å². The average molecular weight is 208 g/mol. The standard InChI is InChI=1S/C13H24N2/c1-11(9-14)10-15-7-5-12(6-8-15)13(2,3)4/h11-12H,5-8,10H2,1-4H3. The van der Waals surface area contributed by atoms with Crippen LogP contribution in [0.5, 0.6) is 0 Å². The summed E-state index contributed by atoms with van der Waals surface area (Å²) in [6.45, 7) is 12.3. The van der Waals surface area contributed by atoms with E-state index in [2.05, 4.69) is 31.7 Å². The molecule has 1 saturated heterocycles. The highest BCUT2D eigenvalue weighted by atomic mass is 15.1. The normalized spacial score (nSPS) is 22.3. The van der Waals surface area contributed by atoms with Gasteiger partial charge in [0, 0.05) is 6.54 Å². The molecule has 0 saturated carbocycles. The van der Waals surface area contributed by atoms with Crippen LogP contribution < -0.4 is 0 Å². The van der Waals surface area contributed by atoms with Crippen molar-refractivity contribution in [1.29, 1.82) is 5.26 Å². The van der Waals surface area contributed by atoms with Crippen LogP contribution in [0.15, 0.2) is 0 Å². The number of rotatable bonds is 2. The molecule has 1 unspecified atom stereocenters. The number of hydrogen-bond donors (Lipinski definition) is 0. The molecule has 86 valence electrons. The molecule has 1 aliphatic rings. The van der Waals surface area contributed by atoms with Crippen molar-refractivity contribution in [2.24, 2.45) is 17.3 Å². The predicted molar refractivity (Wildman–Crippen MR) is 63.4 cm³/mol. The van der Waals surface area contributed by atoms with E-state index in [1.54, 1.807) is 0 Å². The quantitative estimate of drug-likeness (QED) is 0.697. The molecule has 0 radical (unpaired) electrons. The van der Waals surface area contributed by atoms with E-state index in [0.29, 0.717) is 5.41 Å². The molecule has 0 spiro atoms. The van der Waals surface area contributed by atoms with Gasteiger partial charge in [-0.25, -0.2) is 0 Å². The molecule has 2 heteroatoms. The molecule has 15 heavy (non-hydrogen) atoms. The van der Waals surface area contributed by atoms with Gasteiger partial charge in [-0.2, -0.15) is 5.26 Å². The zero-order chi connectivity index (χ0) is 11.5. The molecule has 0 aromatic heterocycles. The summed E-state index contributed by atoms with van der Waals surface area (Å²) < 4.78 is 0. The van der Waals surface area contributed by atoms with Gasteiger partial charge >= 0.3 is 0 Å². The summed E-state index contributed by atoms with van der Waals surface area (Å²) in [5.74, 6) is 1.03. The SMILES string of the molecule is CC(C#N)CN1CCC(C(C)(C)C)CC1. The third kappa shape index (κ3) is 3.83. The zero-order valence-corrected chi connectivity index (χ0v) is 10.6. The summed E-state index contributed by atoms with van der Waals surface area (Å²) in [4.78, 5) is 2.44. The van der Waals surface area contributed by atoms with Gasteiger partial charge in [0.2, 0.25) is 0 Å². The molecular weight excluding hydrogens is 184 g/mol. The van der Waals surface area contributed by atoms with Crippen LogP contribution in [-0.4, -0.2) is 24.5 Å². The van der Waals surface area contributed by atoms with Crippen molar-refractivity contribution in [3.8, 4) is 6.07 Å². The minimum Gasteiger partial charge on any atom is -0.302 e. The summed E-state index contributed by atoms with van der Waals surface area (Å²) in [5.41, 5.74) is 0.451. The molecule has 0 bridgehead atoms. The van der Waals surface area contributed by atoms with E-state index in [4.69, 9.17) is 5.26 Å². The smallest absolute Gasteiger partial charge is 0.0666 e. The summed E-state index contributed by atoms with van der Waals surface area (Å²) >= 11 is 0. The number of nitrogens with zero attached hydrogens (tertiary/aromatic N) is 2. The zero-order valence-electron chi connectivity index (χ0n) is 10.6. The Kier molecular flexibility index (Phi) is 4.16. The minimum absolute atomic E-state index is 0.177. The Labute approximate surface area is 94.3 Å². The Morgan fingerprint density at radius 1 is 1.33 bits per heavy atom. The maximum atomic E-state index is 8.77. The summed E-state index contributed by atoms with van der Waals surface area (Å²) in [5, 5.41) is 8.77. The lowest BCUT2D eigenvalue weighted by atomic mass is 9.75. The molecule has 2 nitrogen and oxygen atoms in total. The first-order valence-electron chi connectivity index (χ1n) is 6.05. The van der Waals surface area contributed by atoms with E-state index in [1.807, 2.05) is 6.92 Å². The summed E-state index contributed by atoms with van der Waals surface area (Å²) in [6, 6.07) is 2.31. The van der Waals surface area contributed by atoms with Crippen molar-refractivity contribution in [2.45, 2.75) is 40.5 Å². The van der Waals surface area contributed by atoms with E-state index >= 15 is 0 Å². The van der Waals surface area contributed by atoms with Crippen LogP contribution in [0.25, 0.3) is 0 Å². The molecule has 0 N–H and O–H groups in total. The Morgan fingerprint density at radius 2 is 1.87 bits per heavy atom. The van der Waals surface area contributed by atoms with Crippen molar-refractivity contribution in [3.63, 3.8) is 0 Å². The van der Waals surface area contributed by atoms with Crippen molar-refractivity contribution in [2.75, 3.05) is 19.6 Å². The van der Waals surface area contributed by atoms with Crippen LogP contribution in [0, 0.1) is 28.6 Å². The molecule has 1 atom stereocenters. The van der Waals surface area contributed by atoms with Gasteiger partial charge in [0.1, 0.15) is 0 Å². The molecule has 1 aliphatic heterocycles. The van der Waals surface area contributed by atoms with Gasteiger partial charge in [-0.3, -0.25) is 0 Å². The maximum absolute atomic E-state index is 8.77. The van der Waals surface area contributed by atoms with Gasteiger partial charge in [0.05, 0.1) is 12.0 Å². The van der Waals surface area contributed by atoms with Gasteiger partial charge in [-0.05, 0) is 44.2 Å². The average Bonchev–Trinajstić information content (AvgIpc) is 2.17. The van der Waals surface area contributed by atoms with Crippen LogP contribution in [0.1, 0.15) is 40.5 Å². The Morgan fingerprint density at radius 3 is 2.27 bits per heavy atom. The topological polar surface area (TPSA) is 27.0 Å². The van der Waals surface area contributed by atoms with Gasteiger partial charge in [0.15, 0.2) is 0 Å². The number of likely N-dealkylation sites (tertiary alicyclic amines) is 1. The van der Waals surface area contributed by atoms with Crippen molar-refractivity contribution in [1.82, 2.24) is 4.90 Å². The van der Waals surface area contributed by atoms with Crippen LogP contribution in [0.3, 0.4) is 0 Å². The highest BCUT2D eigenvalue weighted by Gasteiger charge is 2.28. The van der Waals surface area contributed by atoms with Gasteiger partial charge < -0.3 is 4.90 Å². The first-order valence-corrected chi connectivity index (χ1v) is 6.05. The first kappa shape index (κ1) is 12.5. The fourth-order valence-electron chi connectivity index (χ4n) is 2.41. The van der Waals surface area contributed by atoms with Crippen LogP contribution in [0.4, 0.5) is 0 Å². The Hall–Kier alpha value is -0.550. The molecule has 1 rings (SSSR count). The fraction of sp³-hybridized carbons (Fsp3) is 0.923. The lowest BCUT2D eigenvalue weighted by molar-refractivity contribution is 0.107. The predicted octanol–water partition coefficient (Wildman–Crippen LogP) is 2.90. The largest absolute Gasteiger partial charge is 0.302 e. The number of hydrogen-bond acceptors (Lipinski definition) is 2. The van der Waals surface area contributed by atoms with Gasteiger partial charge in [0.25, 0.3) is 0 Å². The molecule has 0 aromatic rings. The minimum atomic E-state index is 0.177. The second kappa shape index (κ2) is 4.99. The third-order valence-corrected chi connectivity index (χ3v) is 3.56. The highest BCUT2D eigenvalue weighted by Crippen LogP contribution is 2.34. The van der Waals surface area contributed by atoms with Crippen LogP contribution in [0.2, 0.25) is 0 Å². The van der Waals surface area contributed by atoms with E-state index in [0.717, 1.165) is 12.5 Å². The summed E-state index contributed by atoms with van der Waals surface area (Å²) in [7, 11) is 0. The lowest BCUT2D eigenvalue weighted by Gasteiger charge is -2.39. The highest BCUT2D eigenvalue weighted by molar-refractivity contribution is 4.85. The second-order valence-electron chi connectivity index (χ2n) is 5.97. The van der Waals surface area contributed by atoms with Crippen molar-refractivity contribution in [3.05, 3.63) is 0 Å². The molecular formula is C13H24N2. The van der Waals surface area contributed by atoms with E-state index in [-0.39, 0.29) is 5.92 Å². The first-order chi connectivity index (χ1) is 6.93. The molecule has 0 aromatic carbocycles. The van der Waals surface area contributed by atoms with E-state index < -0.39 is 0 Å². The molecule has 0 aliphatic carbocycles. The van der Waals surface area contributed by atoms with E-state index in [9.17, 15) is 0 Å². The fourth-order valence-corrected chi connectivity index (χ4v) is 2.41. The maximum Gasteiger partial charge on any atom is 0.0666 e. The Bertz CT molecular complexity index is 226. The number of nitriles is 1. The van der Waals surface area contributed by atoms with E-state index in [1.165, 1.54) is 25.9 Å². The monoisotopic (exact) mass is 208 g/mol. The number of piperidine rings is 1. The summed E-state index contributed by atoms with van der Waals surface area (Å²) in [6.07, 6.45) is 2.59. The lowest BCUT2D eigenvalue weighted by Crippen LogP contribution is -2.39.